The van der Waals surface area contributed by atoms with Crippen molar-refractivity contribution < 1.29 is 23.6 Å². The van der Waals surface area contributed by atoms with Gasteiger partial charge in [-0.1, -0.05) is 24.3 Å². The zero-order chi connectivity index (χ0) is 17.3. The first-order chi connectivity index (χ1) is 10.7. The highest BCUT2D eigenvalue weighted by Gasteiger charge is 2.52. The molecule has 1 aromatic carbocycles. The molecule has 1 aliphatic heterocycles. The summed E-state index contributed by atoms with van der Waals surface area (Å²) in [6.45, 7) is 8.25. The maximum absolute atomic E-state index is 12.1. The lowest BCUT2D eigenvalue weighted by Crippen LogP contribution is -2.41. The van der Waals surface area contributed by atoms with E-state index in [1.165, 1.54) is 7.11 Å². The lowest BCUT2D eigenvalue weighted by atomic mass is 9.73. The number of benzene rings is 1. The van der Waals surface area contributed by atoms with Crippen molar-refractivity contribution in [1.29, 1.82) is 0 Å². The largest absolute Gasteiger partial charge is 0.495 e. The van der Waals surface area contributed by atoms with Crippen LogP contribution in [0.4, 0.5) is 0 Å². The van der Waals surface area contributed by atoms with Gasteiger partial charge in [0.05, 0.1) is 24.9 Å². The van der Waals surface area contributed by atoms with Gasteiger partial charge in [0.25, 0.3) is 0 Å². The van der Waals surface area contributed by atoms with Gasteiger partial charge in [-0.05, 0) is 38.7 Å². The zero-order valence-corrected chi connectivity index (χ0v) is 14.7. The summed E-state index contributed by atoms with van der Waals surface area (Å²) in [7, 11) is 2.41. The van der Waals surface area contributed by atoms with E-state index in [1.54, 1.807) is 7.11 Å². The quantitative estimate of drug-likeness (QED) is 0.612. The van der Waals surface area contributed by atoms with Gasteiger partial charge in [0.2, 0.25) is 0 Å². The lowest BCUT2D eigenvalue weighted by Gasteiger charge is -2.32. The van der Waals surface area contributed by atoms with Gasteiger partial charge in [-0.15, -0.1) is 0 Å². The average Bonchev–Trinajstić information content (AvgIpc) is 2.72. The Bertz CT molecular complexity index is 554. The number of hydrogen-bond acceptors (Lipinski definition) is 5. The van der Waals surface area contributed by atoms with Crippen LogP contribution < -0.4 is 5.46 Å². The van der Waals surface area contributed by atoms with E-state index in [-0.39, 0.29) is 12.6 Å². The standard InChI is InChI=1S/C17H25BO5/c1-16(2)17(3,4)23-18(22-16)14-10-8-7-9-12(14)13(11-20-5)15(19)21-6/h7-10,13H,11H2,1-6H3. The molecule has 1 fully saturated rings. The molecule has 6 heteroatoms. The molecule has 0 bridgehead atoms. The Kier molecular flexibility index (Phi) is 5.18. The van der Waals surface area contributed by atoms with Gasteiger partial charge >= 0.3 is 13.1 Å². The maximum Gasteiger partial charge on any atom is 0.495 e. The van der Waals surface area contributed by atoms with E-state index in [0.29, 0.717) is 0 Å². The monoisotopic (exact) mass is 320 g/mol. The topological polar surface area (TPSA) is 54.0 Å². The summed E-state index contributed by atoms with van der Waals surface area (Å²) in [4.78, 5) is 12.1. The minimum atomic E-state index is -0.528. The van der Waals surface area contributed by atoms with E-state index in [1.807, 2.05) is 52.0 Å². The zero-order valence-electron chi connectivity index (χ0n) is 14.7. The van der Waals surface area contributed by atoms with Gasteiger partial charge < -0.3 is 18.8 Å². The molecule has 0 amide bonds. The third-order valence-corrected chi connectivity index (χ3v) is 4.70. The third-order valence-electron chi connectivity index (χ3n) is 4.70. The van der Waals surface area contributed by atoms with Crippen molar-refractivity contribution in [2.24, 2.45) is 0 Å². The Balaban J connectivity index is 2.40. The summed E-state index contributed by atoms with van der Waals surface area (Å²) in [5.74, 6) is -0.851. The van der Waals surface area contributed by atoms with E-state index in [4.69, 9.17) is 18.8 Å². The van der Waals surface area contributed by atoms with Crippen molar-refractivity contribution in [2.45, 2.75) is 44.8 Å². The third kappa shape index (κ3) is 3.44. The van der Waals surface area contributed by atoms with Crippen LogP contribution in [0.25, 0.3) is 0 Å². The van der Waals surface area contributed by atoms with E-state index >= 15 is 0 Å². The Morgan fingerprint density at radius 2 is 1.70 bits per heavy atom. The maximum atomic E-state index is 12.1. The normalized spacial score (nSPS) is 20.3. The molecule has 23 heavy (non-hydrogen) atoms. The molecule has 0 radical (unpaired) electrons. The van der Waals surface area contributed by atoms with Crippen molar-refractivity contribution in [2.75, 3.05) is 20.8 Å². The Morgan fingerprint density at radius 3 is 2.22 bits per heavy atom. The van der Waals surface area contributed by atoms with Crippen LogP contribution in [0.15, 0.2) is 24.3 Å². The molecule has 2 rings (SSSR count). The predicted octanol–water partition coefficient (Wildman–Crippen LogP) is 1.89. The number of rotatable bonds is 5. The summed E-state index contributed by atoms with van der Waals surface area (Å²) in [6, 6.07) is 7.60. The first-order valence-electron chi connectivity index (χ1n) is 7.74. The number of esters is 1. The fourth-order valence-corrected chi connectivity index (χ4v) is 2.61. The highest BCUT2D eigenvalue weighted by Crippen LogP contribution is 2.37. The van der Waals surface area contributed by atoms with Crippen LogP contribution in [0.3, 0.4) is 0 Å². The highest BCUT2D eigenvalue weighted by molar-refractivity contribution is 6.62. The second kappa shape index (κ2) is 6.63. The molecular formula is C17H25BO5. The van der Waals surface area contributed by atoms with Crippen LogP contribution in [-0.4, -0.2) is 45.1 Å². The molecule has 5 nitrogen and oxygen atoms in total. The molecule has 0 aromatic heterocycles. The number of hydrogen-bond donors (Lipinski definition) is 0. The molecule has 1 heterocycles. The number of carbonyl (C=O) groups is 1. The van der Waals surface area contributed by atoms with Gasteiger partial charge in [0.1, 0.15) is 5.92 Å². The number of carbonyl (C=O) groups excluding carboxylic acids is 1. The predicted molar refractivity (Wildman–Crippen MR) is 88.8 cm³/mol. The summed E-state index contributed by atoms with van der Waals surface area (Å²) < 4.78 is 22.4. The molecule has 1 aliphatic rings. The van der Waals surface area contributed by atoms with Gasteiger partial charge in [-0.3, -0.25) is 4.79 Å². The minimum Gasteiger partial charge on any atom is -0.468 e. The second-order valence-electron chi connectivity index (χ2n) is 6.75. The van der Waals surface area contributed by atoms with E-state index in [0.717, 1.165) is 11.0 Å². The SMILES string of the molecule is COCC(C(=O)OC)c1ccccc1B1OC(C)(C)C(C)(C)O1. The molecular weight excluding hydrogens is 295 g/mol. The van der Waals surface area contributed by atoms with Crippen molar-refractivity contribution >= 4 is 18.6 Å². The van der Waals surface area contributed by atoms with Gasteiger partial charge in [-0.25, -0.2) is 0 Å². The second-order valence-corrected chi connectivity index (χ2v) is 6.75. The molecule has 1 aromatic rings. The van der Waals surface area contributed by atoms with Crippen molar-refractivity contribution in [3.63, 3.8) is 0 Å². The fraction of sp³-hybridized carbons (Fsp3) is 0.588. The summed E-state index contributed by atoms with van der Waals surface area (Å²) in [6.07, 6.45) is 0. The molecule has 0 spiro atoms. The molecule has 1 atom stereocenters. The van der Waals surface area contributed by atoms with E-state index < -0.39 is 24.2 Å². The van der Waals surface area contributed by atoms with Crippen LogP contribution >= 0.6 is 0 Å². The highest BCUT2D eigenvalue weighted by atomic mass is 16.7. The van der Waals surface area contributed by atoms with E-state index in [2.05, 4.69) is 0 Å². The Morgan fingerprint density at radius 1 is 1.13 bits per heavy atom. The molecule has 0 aliphatic carbocycles. The number of ether oxygens (including phenoxy) is 2. The molecule has 126 valence electrons. The summed E-state index contributed by atoms with van der Waals surface area (Å²) in [5, 5.41) is 0. The van der Waals surface area contributed by atoms with Crippen LogP contribution in [0.5, 0.6) is 0 Å². The first kappa shape index (κ1) is 18.0. The summed E-state index contributed by atoms with van der Waals surface area (Å²) in [5.41, 5.74) is 0.762. The van der Waals surface area contributed by atoms with Gasteiger partial charge in [-0.2, -0.15) is 0 Å². The average molecular weight is 320 g/mol. The van der Waals surface area contributed by atoms with E-state index in [9.17, 15) is 4.79 Å². The molecule has 1 unspecified atom stereocenters. The molecule has 0 N–H and O–H groups in total. The number of methoxy groups -OCH3 is 2. The molecule has 1 saturated heterocycles. The fourth-order valence-electron chi connectivity index (χ4n) is 2.61. The van der Waals surface area contributed by atoms with Crippen molar-refractivity contribution in [3.8, 4) is 0 Å². The van der Waals surface area contributed by atoms with Gasteiger partial charge in [0.15, 0.2) is 0 Å². The van der Waals surface area contributed by atoms with Gasteiger partial charge in [0, 0.05) is 7.11 Å². The Labute approximate surface area is 138 Å². The Hall–Kier alpha value is -1.37. The van der Waals surface area contributed by atoms with Crippen LogP contribution in [0, 0.1) is 0 Å². The summed E-state index contributed by atoms with van der Waals surface area (Å²) >= 11 is 0. The minimum absolute atomic E-state index is 0.239. The molecule has 0 saturated carbocycles. The van der Waals surface area contributed by atoms with Crippen LogP contribution in [0.1, 0.15) is 39.2 Å². The smallest absolute Gasteiger partial charge is 0.468 e. The van der Waals surface area contributed by atoms with Crippen LogP contribution in [0.2, 0.25) is 0 Å². The van der Waals surface area contributed by atoms with Crippen molar-refractivity contribution in [1.82, 2.24) is 0 Å². The van der Waals surface area contributed by atoms with Crippen LogP contribution in [-0.2, 0) is 23.6 Å². The first-order valence-corrected chi connectivity index (χ1v) is 7.74. The van der Waals surface area contributed by atoms with Crippen molar-refractivity contribution in [3.05, 3.63) is 29.8 Å². The lowest BCUT2D eigenvalue weighted by molar-refractivity contribution is -0.143.